The number of rotatable bonds is 6. The van der Waals surface area contributed by atoms with Crippen molar-refractivity contribution in [2.45, 2.75) is 26.8 Å². The topological polar surface area (TPSA) is 101 Å². The average Bonchev–Trinajstić information content (AvgIpc) is 3.20. The molecule has 1 aromatic heterocycles. The van der Waals surface area contributed by atoms with E-state index in [1.54, 1.807) is 6.20 Å². The molecule has 2 aromatic carbocycles. The normalized spacial score (nSPS) is 12.9. The zero-order valence-electron chi connectivity index (χ0n) is 17.7. The number of benzene rings is 2. The second kappa shape index (κ2) is 8.71. The highest BCUT2D eigenvalue weighted by Gasteiger charge is 2.12. The SMILES string of the molecule is CC1=NCN(c2ccc(Nc3nccc(-c4ccc(C#N)c(NC(C)C)c4)n3)cc2)N1. The van der Waals surface area contributed by atoms with Gasteiger partial charge in [-0.15, -0.1) is 0 Å². The van der Waals surface area contributed by atoms with Crippen molar-refractivity contribution in [1.29, 1.82) is 5.26 Å². The molecule has 0 bridgehead atoms. The van der Waals surface area contributed by atoms with Gasteiger partial charge in [0.15, 0.2) is 0 Å². The number of hydrogen-bond acceptors (Lipinski definition) is 8. The third-order valence-corrected chi connectivity index (χ3v) is 4.72. The van der Waals surface area contributed by atoms with Crippen molar-refractivity contribution in [3.63, 3.8) is 0 Å². The molecule has 4 rings (SSSR count). The van der Waals surface area contributed by atoms with Crippen molar-refractivity contribution in [3.8, 4) is 17.3 Å². The molecule has 2 heterocycles. The van der Waals surface area contributed by atoms with Gasteiger partial charge in [0.05, 0.1) is 22.6 Å². The van der Waals surface area contributed by atoms with Crippen LogP contribution in [0, 0.1) is 11.3 Å². The second-order valence-electron chi connectivity index (χ2n) is 7.53. The first kappa shape index (κ1) is 20.2. The smallest absolute Gasteiger partial charge is 0.227 e. The fourth-order valence-electron chi connectivity index (χ4n) is 3.25. The third-order valence-electron chi connectivity index (χ3n) is 4.72. The minimum atomic E-state index is 0.221. The van der Waals surface area contributed by atoms with Crippen LogP contribution < -0.4 is 21.1 Å². The van der Waals surface area contributed by atoms with Crippen molar-refractivity contribution in [1.82, 2.24) is 15.4 Å². The lowest BCUT2D eigenvalue weighted by Crippen LogP contribution is -2.34. The molecule has 0 radical (unpaired) electrons. The van der Waals surface area contributed by atoms with Crippen LogP contribution in [0.25, 0.3) is 11.3 Å². The van der Waals surface area contributed by atoms with Gasteiger partial charge < -0.3 is 10.6 Å². The summed E-state index contributed by atoms with van der Waals surface area (Å²) in [5.41, 5.74) is 8.22. The van der Waals surface area contributed by atoms with E-state index in [2.05, 4.69) is 37.1 Å². The Morgan fingerprint density at radius 2 is 1.94 bits per heavy atom. The molecule has 1 aliphatic rings. The van der Waals surface area contributed by atoms with Crippen LogP contribution in [0.15, 0.2) is 59.7 Å². The number of hydrogen-bond donors (Lipinski definition) is 3. The molecule has 3 aromatic rings. The Morgan fingerprint density at radius 3 is 2.61 bits per heavy atom. The van der Waals surface area contributed by atoms with E-state index >= 15 is 0 Å². The molecule has 1 aliphatic heterocycles. The van der Waals surface area contributed by atoms with Gasteiger partial charge in [0.2, 0.25) is 5.95 Å². The summed E-state index contributed by atoms with van der Waals surface area (Å²) in [7, 11) is 0. The zero-order chi connectivity index (χ0) is 21.8. The van der Waals surface area contributed by atoms with Crippen LogP contribution in [0.2, 0.25) is 0 Å². The standard InChI is InChI=1S/C23H24N8/c1-15(2)27-22-12-17(4-5-18(22)13-24)21-10-11-25-23(29-21)28-19-6-8-20(9-7-19)31-14-26-16(3)30-31/h4-12,15,27H,14H2,1-3H3,(H,26,30)(H,25,28,29). The lowest BCUT2D eigenvalue weighted by molar-refractivity contribution is 0.840. The maximum atomic E-state index is 9.36. The molecule has 31 heavy (non-hydrogen) atoms. The summed E-state index contributed by atoms with van der Waals surface area (Å²) in [6.45, 7) is 6.62. The van der Waals surface area contributed by atoms with Gasteiger partial charge in [0.25, 0.3) is 0 Å². The van der Waals surface area contributed by atoms with Crippen LogP contribution >= 0.6 is 0 Å². The number of nitrogens with zero attached hydrogens (tertiary/aromatic N) is 5. The van der Waals surface area contributed by atoms with Gasteiger partial charge in [-0.25, -0.2) is 15.0 Å². The Bertz CT molecular complexity index is 1140. The van der Waals surface area contributed by atoms with Gasteiger partial charge >= 0.3 is 0 Å². The number of hydrazine groups is 1. The van der Waals surface area contributed by atoms with E-state index in [4.69, 9.17) is 0 Å². The predicted molar refractivity (Wildman–Crippen MR) is 124 cm³/mol. The van der Waals surface area contributed by atoms with E-state index in [0.29, 0.717) is 18.2 Å². The molecule has 0 fully saturated rings. The van der Waals surface area contributed by atoms with Gasteiger partial charge in [-0.1, -0.05) is 6.07 Å². The highest BCUT2D eigenvalue weighted by atomic mass is 15.6. The molecule has 8 nitrogen and oxygen atoms in total. The first-order chi connectivity index (χ1) is 15.0. The van der Waals surface area contributed by atoms with Crippen LogP contribution in [0.1, 0.15) is 26.3 Å². The minimum absolute atomic E-state index is 0.221. The second-order valence-corrected chi connectivity index (χ2v) is 7.53. The van der Waals surface area contributed by atoms with Gasteiger partial charge in [-0.3, -0.25) is 10.4 Å². The van der Waals surface area contributed by atoms with Crippen LogP contribution in [0.4, 0.5) is 23.0 Å². The fraction of sp³-hybridized carbons (Fsp3) is 0.217. The van der Waals surface area contributed by atoms with E-state index in [0.717, 1.165) is 34.2 Å². The molecule has 0 aliphatic carbocycles. The van der Waals surface area contributed by atoms with Crippen LogP contribution in [0.3, 0.4) is 0 Å². The Balaban J connectivity index is 1.52. The Morgan fingerprint density at radius 1 is 1.13 bits per heavy atom. The van der Waals surface area contributed by atoms with Crippen LogP contribution in [0.5, 0.6) is 0 Å². The molecule has 3 N–H and O–H groups in total. The first-order valence-electron chi connectivity index (χ1n) is 10.1. The number of nitrogens with one attached hydrogen (secondary N) is 3. The highest BCUT2D eigenvalue weighted by Crippen LogP contribution is 2.26. The largest absolute Gasteiger partial charge is 0.382 e. The number of aliphatic imine (C=N–C) groups is 1. The number of anilines is 4. The monoisotopic (exact) mass is 412 g/mol. The molecule has 156 valence electrons. The predicted octanol–water partition coefficient (Wildman–Crippen LogP) is 4.28. The summed E-state index contributed by atoms with van der Waals surface area (Å²) in [4.78, 5) is 13.3. The Labute approximate surface area is 181 Å². The summed E-state index contributed by atoms with van der Waals surface area (Å²) >= 11 is 0. The summed E-state index contributed by atoms with van der Waals surface area (Å²) in [6.07, 6.45) is 1.72. The van der Waals surface area contributed by atoms with E-state index in [-0.39, 0.29) is 6.04 Å². The molecule has 0 saturated carbocycles. The summed E-state index contributed by atoms with van der Waals surface area (Å²) in [5, 5.41) is 17.9. The fourth-order valence-corrected chi connectivity index (χ4v) is 3.25. The molecule has 8 heteroatoms. The lowest BCUT2D eigenvalue weighted by atomic mass is 10.1. The minimum Gasteiger partial charge on any atom is -0.382 e. The summed E-state index contributed by atoms with van der Waals surface area (Å²) < 4.78 is 0. The van der Waals surface area contributed by atoms with Crippen molar-refractivity contribution >= 4 is 28.8 Å². The molecular formula is C23H24N8. The third kappa shape index (κ3) is 4.73. The zero-order valence-corrected chi connectivity index (χ0v) is 17.7. The van der Waals surface area contributed by atoms with E-state index in [1.165, 1.54) is 0 Å². The molecule has 0 unspecified atom stereocenters. The van der Waals surface area contributed by atoms with E-state index in [9.17, 15) is 5.26 Å². The van der Waals surface area contributed by atoms with Crippen molar-refractivity contribution < 1.29 is 0 Å². The van der Waals surface area contributed by atoms with Crippen molar-refractivity contribution in [2.24, 2.45) is 4.99 Å². The molecule has 0 amide bonds. The van der Waals surface area contributed by atoms with Crippen molar-refractivity contribution in [2.75, 3.05) is 22.3 Å². The lowest BCUT2D eigenvalue weighted by Gasteiger charge is -2.18. The molecule has 0 spiro atoms. The van der Waals surface area contributed by atoms with Gasteiger partial charge in [-0.2, -0.15) is 5.26 Å². The number of nitriles is 1. The van der Waals surface area contributed by atoms with Gasteiger partial charge in [0, 0.05) is 23.5 Å². The van der Waals surface area contributed by atoms with Crippen LogP contribution in [-0.2, 0) is 0 Å². The van der Waals surface area contributed by atoms with Gasteiger partial charge in [0.1, 0.15) is 18.6 Å². The maximum Gasteiger partial charge on any atom is 0.227 e. The quantitative estimate of drug-likeness (QED) is 0.555. The summed E-state index contributed by atoms with van der Waals surface area (Å²) in [5.74, 6) is 1.41. The first-order valence-corrected chi connectivity index (χ1v) is 10.1. The van der Waals surface area contributed by atoms with Crippen molar-refractivity contribution in [3.05, 3.63) is 60.3 Å². The summed E-state index contributed by atoms with van der Waals surface area (Å²) in [6, 6.07) is 18.0. The molecule has 0 saturated heterocycles. The highest BCUT2D eigenvalue weighted by molar-refractivity contribution is 5.83. The molecular weight excluding hydrogens is 388 g/mol. The number of aromatic nitrogens is 2. The van der Waals surface area contributed by atoms with Crippen LogP contribution in [-0.4, -0.2) is 28.5 Å². The molecule has 0 atom stereocenters. The van der Waals surface area contributed by atoms with E-state index in [1.807, 2.05) is 74.3 Å². The Hall–Kier alpha value is -4.12. The Kier molecular flexibility index (Phi) is 5.67. The van der Waals surface area contributed by atoms with E-state index < -0.39 is 0 Å². The van der Waals surface area contributed by atoms with Gasteiger partial charge in [-0.05, 0) is 63.2 Å². The maximum absolute atomic E-state index is 9.36. The number of amidine groups is 1. The average molecular weight is 413 g/mol.